The lowest BCUT2D eigenvalue weighted by molar-refractivity contribution is -0.134. The van der Waals surface area contributed by atoms with Gasteiger partial charge in [-0.2, -0.15) is 0 Å². The number of hydrogen-bond donors (Lipinski definition) is 2. The number of rotatable bonds is 5. The Morgan fingerprint density at radius 3 is 2.55 bits per heavy atom. The van der Waals surface area contributed by atoms with Crippen LogP contribution in [-0.2, 0) is 4.79 Å². The minimum absolute atomic E-state index is 0.182. The zero-order valence-electron chi connectivity index (χ0n) is 13.8. The second-order valence-electron chi connectivity index (χ2n) is 7.42. The van der Waals surface area contributed by atoms with Gasteiger partial charge in [0, 0.05) is 38.0 Å². The molecule has 118 valence electrons. The van der Waals surface area contributed by atoms with E-state index in [0.29, 0.717) is 19.0 Å². The second kappa shape index (κ2) is 7.41. The molecule has 1 rings (SSSR count). The van der Waals surface area contributed by atoms with Gasteiger partial charge in [-0.1, -0.05) is 27.7 Å². The summed E-state index contributed by atoms with van der Waals surface area (Å²) in [7, 11) is 0. The highest BCUT2D eigenvalue weighted by atomic mass is 16.3. The minimum Gasteiger partial charge on any atom is -0.393 e. The van der Waals surface area contributed by atoms with Gasteiger partial charge in [0.1, 0.15) is 0 Å². The monoisotopic (exact) mass is 284 g/mol. The van der Waals surface area contributed by atoms with Crippen LogP contribution < -0.4 is 5.32 Å². The summed E-state index contributed by atoms with van der Waals surface area (Å²) < 4.78 is 0. The van der Waals surface area contributed by atoms with E-state index in [4.69, 9.17) is 0 Å². The first kappa shape index (κ1) is 17.4. The fourth-order valence-corrected chi connectivity index (χ4v) is 2.66. The van der Waals surface area contributed by atoms with Crippen LogP contribution in [0.1, 0.15) is 53.9 Å². The summed E-state index contributed by atoms with van der Waals surface area (Å²) in [5.74, 6) is 0.405. The highest BCUT2D eigenvalue weighted by Crippen LogP contribution is 2.22. The Hall–Kier alpha value is -0.610. The Labute approximate surface area is 123 Å². The van der Waals surface area contributed by atoms with Crippen molar-refractivity contribution in [3.05, 3.63) is 0 Å². The zero-order chi connectivity index (χ0) is 15.3. The normalized spacial score (nSPS) is 25.6. The van der Waals surface area contributed by atoms with Crippen LogP contribution in [0.3, 0.4) is 0 Å². The average Bonchev–Trinajstić information content (AvgIpc) is 2.35. The number of aliphatic hydroxyl groups is 1. The van der Waals surface area contributed by atoms with E-state index in [1.807, 2.05) is 18.7 Å². The summed E-state index contributed by atoms with van der Waals surface area (Å²) in [6.07, 6.45) is 2.09. The van der Waals surface area contributed by atoms with Crippen molar-refractivity contribution in [3.63, 3.8) is 0 Å². The average molecular weight is 284 g/mol. The van der Waals surface area contributed by atoms with E-state index in [1.165, 1.54) is 0 Å². The number of carbonyl (C=O) groups is 1. The van der Waals surface area contributed by atoms with Gasteiger partial charge in [0.25, 0.3) is 0 Å². The lowest BCUT2D eigenvalue weighted by atomic mass is 9.89. The zero-order valence-corrected chi connectivity index (χ0v) is 13.8. The molecule has 0 aromatic heterocycles. The fraction of sp³-hybridized carbons (Fsp3) is 0.938. The van der Waals surface area contributed by atoms with Crippen molar-refractivity contribution in [3.8, 4) is 0 Å². The van der Waals surface area contributed by atoms with Gasteiger partial charge in [0.15, 0.2) is 0 Å². The molecule has 0 aromatic rings. The maximum absolute atomic E-state index is 12.1. The van der Waals surface area contributed by atoms with Crippen molar-refractivity contribution in [2.45, 2.75) is 66.0 Å². The maximum Gasteiger partial charge on any atom is 0.222 e. The predicted molar refractivity (Wildman–Crippen MR) is 82.5 cm³/mol. The maximum atomic E-state index is 12.1. The molecule has 0 spiro atoms. The Kier molecular flexibility index (Phi) is 6.46. The molecule has 0 radical (unpaired) electrons. The van der Waals surface area contributed by atoms with E-state index < -0.39 is 0 Å². The number of carbonyl (C=O) groups excluding carboxylic acids is 1. The van der Waals surface area contributed by atoms with Gasteiger partial charge < -0.3 is 15.3 Å². The number of aliphatic hydroxyl groups excluding tert-OH is 1. The van der Waals surface area contributed by atoms with Gasteiger partial charge in [-0.05, 0) is 25.2 Å². The molecule has 3 atom stereocenters. The largest absolute Gasteiger partial charge is 0.393 e. The van der Waals surface area contributed by atoms with Crippen molar-refractivity contribution >= 4 is 5.91 Å². The number of hydrogen-bond acceptors (Lipinski definition) is 3. The number of amides is 1. The SMILES string of the molecule is CCCC(=O)N1CC(NCC(C)(C)C)CC(C(C)O)C1. The first-order valence-electron chi connectivity index (χ1n) is 7.92. The molecule has 1 fully saturated rings. The van der Waals surface area contributed by atoms with Crippen LogP contribution in [0.25, 0.3) is 0 Å². The summed E-state index contributed by atoms with van der Waals surface area (Å²) in [4.78, 5) is 14.1. The number of piperidine rings is 1. The molecule has 20 heavy (non-hydrogen) atoms. The van der Waals surface area contributed by atoms with Crippen LogP contribution in [0.15, 0.2) is 0 Å². The highest BCUT2D eigenvalue weighted by molar-refractivity contribution is 5.76. The first-order valence-corrected chi connectivity index (χ1v) is 7.92. The molecule has 4 nitrogen and oxygen atoms in total. The van der Waals surface area contributed by atoms with Crippen LogP contribution in [0.5, 0.6) is 0 Å². The lowest BCUT2D eigenvalue weighted by Crippen LogP contribution is -2.54. The van der Waals surface area contributed by atoms with Gasteiger partial charge in [-0.15, -0.1) is 0 Å². The molecule has 1 heterocycles. The summed E-state index contributed by atoms with van der Waals surface area (Å²) in [5, 5.41) is 13.5. The van der Waals surface area contributed by atoms with E-state index in [2.05, 4.69) is 26.1 Å². The molecule has 2 N–H and O–H groups in total. The molecule has 1 amide bonds. The van der Waals surface area contributed by atoms with Crippen molar-refractivity contribution in [1.82, 2.24) is 10.2 Å². The lowest BCUT2D eigenvalue weighted by Gasteiger charge is -2.40. The summed E-state index contributed by atoms with van der Waals surface area (Å²) in [6, 6.07) is 0.295. The standard InChI is InChI=1S/C16H32N2O2/c1-6-7-15(20)18-9-13(12(2)19)8-14(10-18)17-11-16(3,4)5/h12-14,17,19H,6-11H2,1-5H3. The van der Waals surface area contributed by atoms with Crippen molar-refractivity contribution in [2.75, 3.05) is 19.6 Å². The second-order valence-corrected chi connectivity index (χ2v) is 7.42. The van der Waals surface area contributed by atoms with Crippen LogP contribution in [-0.4, -0.2) is 47.7 Å². The van der Waals surface area contributed by atoms with Crippen molar-refractivity contribution in [1.29, 1.82) is 0 Å². The molecule has 4 heteroatoms. The molecule has 0 aliphatic carbocycles. The molecule has 0 aromatic carbocycles. The van der Waals surface area contributed by atoms with Crippen LogP contribution >= 0.6 is 0 Å². The third-order valence-corrected chi connectivity index (χ3v) is 3.90. The van der Waals surface area contributed by atoms with Crippen LogP contribution in [0.4, 0.5) is 0 Å². The molecule has 1 aliphatic heterocycles. The third-order valence-electron chi connectivity index (χ3n) is 3.90. The molecular formula is C16H32N2O2. The third kappa shape index (κ3) is 5.80. The van der Waals surface area contributed by atoms with Gasteiger partial charge >= 0.3 is 0 Å². The summed E-state index contributed by atoms with van der Waals surface area (Å²) in [5.41, 5.74) is 0.232. The van der Waals surface area contributed by atoms with E-state index in [-0.39, 0.29) is 23.3 Å². The van der Waals surface area contributed by atoms with E-state index in [9.17, 15) is 9.90 Å². The quantitative estimate of drug-likeness (QED) is 0.812. The Bertz CT molecular complexity index is 310. The molecule has 1 aliphatic rings. The first-order chi connectivity index (χ1) is 9.23. The topological polar surface area (TPSA) is 52.6 Å². The fourth-order valence-electron chi connectivity index (χ4n) is 2.66. The highest BCUT2D eigenvalue weighted by Gasteiger charge is 2.32. The van der Waals surface area contributed by atoms with E-state index in [0.717, 1.165) is 25.9 Å². The smallest absolute Gasteiger partial charge is 0.222 e. The summed E-state index contributed by atoms with van der Waals surface area (Å²) in [6.45, 7) is 12.9. The number of likely N-dealkylation sites (tertiary alicyclic amines) is 1. The molecular weight excluding hydrogens is 252 g/mol. The van der Waals surface area contributed by atoms with Crippen molar-refractivity contribution in [2.24, 2.45) is 11.3 Å². The molecule has 3 unspecified atom stereocenters. The number of nitrogens with zero attached hydrogens (tertiary/aromatic N) is 1. The van der Waals surface area contributed by atoms with Gasteiger partial charge in [0.05, 0.1) is 6.10 Å². The van der Waals surface area contributed by atoms with Crippen LogP contribution in [0, 0.1) is 11.3 Å². The van der Waals surface area contributed by atoms with Gasteiger partial charge in [-0.25, -0.2) is 0 Å². The summed E-state index contributed by atoms with van der Waals surface area (Å²) >= 11 is 0. The molecule has 0 bridgehead atoms. The van der Waals surface area contributed by atoms with E-state index in [1.54, 1.807) is 0 Å². The number of nitrogens with one attached hydrogen (secondary N) is 1. The van der Waals surface area contributed by atoms with Crippen molar-refractivity contribution < 1.29 is 9.90 Å². The Morgan fingerprint density at radius 2 is 2.05 bits per heavy atom. The Balaban J connectivity index is 2.63. The minimum atomic E-state index is -0.355. The molecule has 0 saturated carbocycles. The molecule has 1 saturated heterocycles. The van der Waals surface area contributed by atoms with Crippen LogP contribution in [0.2, 0.25) is 0 Å². The van der Waals surface area contributed by atoms with E-state index >= 15 is 0 Å². The van der Waals surface area contributed by atoms with Gasteiger partial charge in [0.2, 0.25) is 5.91 Å². The predicted octanol–water partition coefficient (Wildman–Crippen LogP) is 2.02. The van der Waals surface area contributed by atoms with Gasteiger partial charge in [-0.3, -0.25) is 4.79 Å². The Morgan fingerprint density at radius 1 is 1.40 bits per heavy atom.